The van der Waals surface area contributed by atoms with E-state index in [-0.39, 0.29) is 20.6 Å². The number of anilines is 1. The second-order valence-corrected chi connectivity index (χ2v) is 7.86. The summed E-state index contributed by atoms with van der Waals surface area (Å²) >= 11 is 12.0. The molecule has 25 heavy (non-hydrogen) atoms. The molecule has 2 aromatic carbocycles. The van der Waals surface area contributed by atoms with Crippen LogP contribution in [-0.2, 0) is 10.0 Å². The van der Waals surface area contributed by atoms with E-state index in [4.69, 9.17) is 27.6 Å². The third kappa shape index (κ3) is 3.66. The maximum Gasteiger partial charge on any atom is 0.261 e. The van der Waals surface area contributed by atoms with E-state index < -0.39 is 10.0 Å². The molecule has 0 aliphatic rings. The van der Waals surface area contributed by atoms with Crippen molar-refractivity contribution in [2.24, 2.45) is 0 Å². The molecule has 0 aliphatic heterocycles. The quantitative estimate of drug-likeness (QED) is 0.668. The van der Waals surface area contributed by atoms with Gasteiger partial charge in [-0.25, -0.2) is 13.4 Å². The minimum Gasteiger partial charge on any atom is -0.446 e. The van der Waals surface area contributed by atoms with Gasteiger partial charge in [-0.2, -0.15) is 0 Å². The molecule has 5 nitrogen and oxygen atoms in total. The predicted octanol–water partition coefficient (Wildman–Crippen LogP) is 5.07. The number of nitrogens with one attached hydrogen (secondary N) is 1. The van der Waals surface area contributed by atoms with Crippen LogP contribution in [-0.4, -0.2) is 13.4 Å². The average Bonchev–Trinajstić information content (AvgIpc) is 2.90. The van der Waals surface area contributed by atoms with Crippen molar-refractivity contribution in [2.75, 3.05) is 4.72 Å². The van der Waals surface area contributed by atoms with Crippen molar-refractivity contribution in [1.29, 1.82) is 0 Å². The average molecular weight is 397 g/mol. The standard InChI is InChI=1S/C17H14Cl2N2O3S/c1-10-16(20-11(2)24-10)12-6-8-13(9-7-12)25(22,23)21-17-14(18)4-3-5-15(17)19/h3-9,21H,1-2H3. The molecule has 0 aliphatic carbocycles. The highest BCUT2D eigenvalue weighted by atomic mass is 35.5. The molecule has 0 fully saturated rings. The van der Waals surface area contributed by atoms with Crippen molar-refractivity contribution >= 4 is 38.9 Å². The first-order valence-electron chi connectivity index (χ1n) is 7.29. The van der Waals surface area contributed by atoms with Crippen LogP contribution < -0.4 is 4.72 Å². The number of hydrogen-bond donors (Lipinski definition) is 1. The van der Waals surface area contributed by atoms with Crippen LogP contribution in [0.5, 0.6) is 0 Å². The summed E-state index contributed by atoms with van der Waals surface area (Å²) in [5.41, 5.74) is 1.60. The van der Waals surface area contributed by atoms with Crippen LogP contribution in [0.4, 0.5) is 5.69 Å². The Labute approximate surface area is 155 Å². The lowest BCUT2D eigenvalue weighted by Gasteiger charge is -2.11. The Kier molecular flexibility index (Phi) is 4.77. The Hall–Kier alpha value is -2.02. The molecule has 0 saturated carbocycles. The van der Waals surface area contributed by atoms with Gasteiger partial charge in [0.15, 0.2) is 5.89 Å². The maximum absolute atomic E-state index is 12.6. The number of hydrogen-bond acceptors (Lipinski definition) is 4. The summed E-state index contributed by atoms with van der Waals surface area (Å²) in [4.78, 5) is 4.38. The maximum atomic E-state index is 12.6. The normalized spacial score (nSPS) is 11.5. The van der Waals surface area contributed by atoms with Crippen LogP contribution in [0.15, 0.2) is 51.8 Å². The van der Waals surface area contributed by atoms with Gasteiger partial charge in [0, 0.05) is 12.5 Å². The minimum absolute atomic E-state index is 0.0881. The molecular formula is C17H14Cl2N2O3S. The number of rotatable bonds is 4. The Balaban J connectivity index is 1.92. The summed E-state index contributed by atoms with van der Waals surface area (Å²) in [6, 6.07) is 11.1. The van der Waals surface area contributed by atoms with Crippen LogP contribution >= 0.6 is 23.2 Å². The van der Waals surface area contributed by atoms with Gasteiger partial charge in [-0.05, 0) is 31.2 Å². The van der Waals surface area contributed by atoms with Gasteiger partial charge in [-0.15, -0.1) is 0 Å². The highest BCUT2D eigenvalue weighted by Gasteiger charge is 2.18. The van der Waals surface area contributed by atoms with E-state index in [1.165, 1.54) is 12.1 Å². The molecule has 3 rings (SSSR count). The van der Waals surface area contributed by atoms with E-state index in [2.05, 4.69) is 9.71 Å². The zero-order chi connectivity index (χ0) is 18.2. The van der Waals surface area contributed by atoms with Gasteiger partial charge in [0.05, 0.1) is 20.6 Å². The van der Waals surface area contributed by atoms with Crippen molar-refractivity contribution < 1.29 is 12.8 Å². The zero-order valence-corrected chi connectivity index (χ0v) is 15.7. The van der Waals surface area contributed by atoms with Gasteiger partial charge in [0.2, 0.25) is 0 Å². The van der Waals surface area contributed by atoms with E-state index in [0.29, 0.717) is 17.3 Å². The van der Waals surface area contributed by atoms with Gasteiger partial charge in [-0.1, -0.05) is 41.4 Å². The first kappa shape index (κ1) is 17.8. The third-order valence-corrected chi connectivity index (χ3v) is 5.54. The SMILES string of the molecule is Cc1nc(-c2ccc(S(=O)(=O)Nc3c(Cl)cccc3Cl)cc2)c(C)o1. The molecule has 8 heteroatoms. The molecule has 0 bridgehead atoms. The highest BCUT2D eigenvalue weighted by molar-refractivity contribution is 7.92. The Morgan fingerprint density at radius 1 is 1.00 bits per heavy atom. The van der Waals surface area contributed by atoms with Crippen molar-refractivity contribution in [1.82, 2.24) is 4.98 Å². The van der Waals surface area contributed by atoms with E-state index in [1.807, 2.05) is 0 Å². The summed E-state index contributed by atoms with van der Waals surface area (Å²) in [5, 5.41) is 0.447. The molecule has 1 aromatic heterocycles. The Morgan fingerprint density at radius 2 is 1.60 bits per heavy atom. The van der Waals surface area contributed by atoms with Crippen molar-refractivity contribution in [3.05, 3.63) is 64.2 Å². The lowest BCUT2D eigenvalue weighted by Crippen LogP contribution is -2.13. The third-order valence-electron chi connectivity index (χ3n) is 3.54. The molecule has 0 unspecified atom stereocenters. The van der Waals surface area contributed by atoms with Gasteiger partial charge in [0.1, 0.15) is 11.5 Å². The lowest BCUT2D eigenvalue weighted by molar-refractivity contribution is 0.495. The second-order valence-electron chi connectivity index (χ2n) is 5.36. The lowest BCUT2D eigenvalue weighted by atomic mass is 10.1. The summed E-state index contributed by atoms with van der Waals surface area (Å²) < 4.78 is 32.9. The number of para-hydroxylation sites is 1. The summed E-state index contributed by atoms with van der Waals surface area (Å²) in [6.45, 7) is 3.56. The van der Waals surface area contributed by atoms with Crippen molar-refractivity contribution in [3.63, 3.8) is 0 Å². The monoisotopic (exact) mass is 396 g/mol. The molecule has 0 amide bonds. The Bertz CT molecular complexity index is 1010. The number of aryl methyl sites for hydroxylation is 2. The molecule has 0 spiro atoms. The van der Waals surface area contributed by atoms with Gasteiger partial charge < -0.3 is 4.42 Å². The number of sulfonamides is 1. The predicted molar refractivity (Wildman–Crippen MR) is 98.7 cm³/mol. The molecule has 130 valence electrons. The van der Waals surface area contributed by atoms with Crippen molar-refractivity contribution in [3.8, 4) is 11.3 Å². The first-order valence-corrected chi connectivity index (χ1v) is 9.53. The fourth-order valence-electron chi connectivity index (χ4n) is 2.38. The van der Waals surface area contributed by atoms with E-state index in [0.717, 1.165) is 5.56 Å². The molecule has 0 saturated heterocycles. The molecule has 3 aromatic rings. The molecule has 0 radical (unpaired) electrons. The van der Waals surface area contributed by atoms with Crippen LogP contribution in [0.2, 0.25) is 10.0 Å². The smallest absolute Gasteiger partial charge is 0.261 e. The van der Waals surface area contributed by atoms with Gasteiger partial charge in [-0.3, -0.25) is 4.72 Å². The largest absolute Gasteiger partial charge is 0.446 e. The molecular weight excluding hydrogens is 383 g/mol. The number of aromatic nitrogens is 1. The number of benzene rings is 2. The van der Waals surface area contributed by atoms with Crippen LogP contribution in [0.3, 0.4) is 0 Å². The minimum atomic E-state index is -3.82. The molecule has 1 heterocycles. The van der Waals surface area contributed by atoms with Crippen molar-refractivity contribution in [2.45, 2.75) is 18.7 Å². The van der Waals surface area contributed by atoms with Gasteiger partial charge >= 0.3 is 0 Å². The number of halogens is 2. The first-order chi connectivity index (χ1) is 11.8. The number of nitrogens with zero attached hydrogens (tertiary/aromatic N) is 1. The summed E-state index contributed by atoms with van der Waals surface area (Å²) in [5.74, 6) is 1.23. The fourth-order valence-corrected chi connectivity index (χ4v) is 4.08. The topological polar surface area (TPSA) is 72.2 Å². The van der Waals surface area contributed by atoms with E-state index in [1.54, 1.807) is 44.2 Å². The van der Waals surface area contributed by atoms with Crippen LogP contribution in [0.1, 0.15) is 11.7 Å². The molecule has 0 atom stereocenters. The molecule has 1 N–H and O–H groups in total. The fraction of sp³-hybridized carbons (Fsp3) is 0.118. The number of oxazole rings is 1. The van der Waals surface area contributed by atoms with E-state index in [9.17, 15) is 8.42 Å². The van der Waals surface area contributed by atoms with E-state index >= 15 is 0 Å². The highest BCUT2D eigenvalue weighted by Crippen LogP contribution is 2.32. The Morgan fingerprint density at radius 3 is 2.12 bits per heavy atom. The second kappa shape index (κ2) is 6.71. The van der Waals surface area contributed by atoms with Gasteiger partial charge in [0.25, 0.3) is 10.0 Å². The zero-order valence-electron chi connectivity index (χ0n) is 13.4. The summed E-state index contributed by atoms with van der Waals surface area (Å²) in [6.07, 6.45) is 0. The van der Waals surface area contributed by atoms with Crippen LogP contribution in [0.25, 0.3) is 11.3 Å². The van der Waals surface area contributed by atoms with Crippen LogP contribution in [0, 0.1) is 13.8 Å². The summed E-state index contributed by atoms with van der Waals surface area (Å²) in [7, 11) is -3.82.